The highest BCUT2D eigenvalue weighted by atomic mass is 19.4. The van der Waals surface area contributed by atoms with E-state index in [0.29, 0.717) is 51.9 Å². The number of ether oxygens (including phenoxy) is 1. The van der Waals surface area contributed by atoms with Gasteiger partial charge in [-0.2, -0.15) is 13.2 Å². The molecule has 0 unspecified atom stereocenters. The molecule has 190 valence electrons. The second-order valence-electron chi connectivity index (χ2n) is 8.92. The van der Waals surface area contributed by atoms with Gasteiger partial charge in [-0.05, 0) is 48.5 Å². The lowest BCUT2D eigenvalue weighted by Gasteiger charge is -2.32. The zero-order valence-corrected chi connectivity index (χ0v) is 20.3. The molecule has 0 N–H and O–H groups in total. The summed E-state index contributed by atoms with van der Waals surface area (Å²) in [6.45, 7) is 2.89. The highest BCUT2D eigenvalue weighted by Gasteiger charge is 2.34. The molecular weight excluding hydrogens is 483 g/mol. The first-order valence-electron chi connectivity index (χ1n) is 11.7. The van der Waals surface area contributed by atoms with Crippen molar-refractivity contribution in [3.8, 4) is 28.1 Å². The predicted molar refractivity (Wildman–Crippen MR) is 133 cm³/mol. The third kappa shape index (κ3) is 4.97. The molecule has 0 bridgehead atoms. The lowest BCUT2D eigenvalue weighted by atomic mass is 9.98. The quantitative estimate of drug-likeness (QED) is 0.396. The van der Waals surface area contributed by atoms with Crippen molar-refractivity contribution in [2.24, 2.45) is 0 Å². The van der Waals surface area contributed by atoms with Crippen LogP contribution in [0, 0.1) is 0 Å². The van der Waals surface area contributed by atoms with E-state index < -0.39 is 11.7 Å². The predicted octanol–water partition coefficient (Wildman–Crippen LogP) is 4.77. The van der Waals surface area contributed by atoms with Crippen LogP contribution in [0.4, 0.5) is 13.2 Å². The number of fused-ring (bicyclic) bond motifs is 1. The highest BCUT2D eigenvalue weighted by molar-refractivity contribution is 5.98. The summed E-state index contributed by atoms with van der Waals surface area (Å²) >= 11 is 0. The molecule has 1 saturated heterocycles. The summed E-state index contributed by atoms with van der Waals surface area (Å²) in [6.07, 6.45) is 0.00959. The number of carbonyl (C=O) groups is 1. The number of methoxy groups -OCH3 is 1. The third-order valence-electron chi connectivity index (χ3n) is 6.52. The van der Waals surface area contributed by atoms with Crippen molar-refractivity contribution in [1.82, 2.24) is 24.8 Å². The van der Waals surface area contributed by atoms with E-state index in [1.165, 1.54) is 25.7 Å². The number of alkyl halides is 3. The molecule has 0 saturated carbocycles. The van der Waals surface area contributed by atoms with E-state index in [1.807, 2.05) is 7.05 Å². The maximum Gasteiger partial charge on any atom is 0.419 e. The first-order valence-corrected chi connectivity index (χ1v) is 11.7. The van der Waals surface area contributed by atoms with Gasteiger partial charge in [-0.15, -0.1) is 0 Å². The number of benzene rings is 2. The zero-order valence-electron chi connectivity index (χ0n) is 20.3. The number of pyridine rings is 1. The van der Waals surface area contributed by atoms with Gasteiger partial charge >= 0.3 is 6.18 Å². The number of hydrogen-bond donors (Lipinski definition) is 0. The van der Waals surface area contributed by atoms with Crippen LogP contribution < -0.4 is 4.74 Å². The first-order chi connectivity index (χ1) is 17.7. The van der Waals surface area contributed by atoms with Crippen LogP contribution in [0.15, 0.2) is 61.2 Å². The van der Waals surface area contributed by atoms with E-state index in [0.717, 1.165) is 19.2 Å². The molecule has 37 heavy (non-hydrogen) atoms. The summed E-state index contributed by atoms with van der Waals surface area (Å²) < 4.78 is 45.7. The van der Waals surface area contributed by atoms with Gasteiger partial charge in [0.1, 0.15) is 12.1 Å². The van der Waals surface area contributed by atoms with E-state index in [1.54, 1.807) is 41.4 Å². The van der Waals surface area contributed by atoms with Gasteiger partial charge in [0.25, 0.3) is 5.91 Å². The maximum atomic E-state index is 13.6. The fourth-order valence-electron chi connectivity index (χ4n) is 4.45. The molecule has 1 aliphatic rings. The Bertz CT molecular complexity index is 1470. The van der Waals surface area contributed by atoms with Crippen molar-refractivity contribution in [1.29, 1.82) is 0 Å². The summed E-state index contributed by atoms with van der Waals surface area (Å²) in [5.74, 6) is -0.339. The Hall–Kier alpha value is -4.05. The molecule has 7 nitrogen and oxygen atoms in total. The maximum absolute atomic E-state index is 13.6. The van der Waals surface area contributed by atoms with Crippen LogP contribution >= 0.6 is 0 Å². The van der Waals surface area contributed by atoms with E-state index in [-0.39, 0.29) is 11.7 Å². The van der Waals surface area contributed by atoms with Crippen molar-refractivity contribution in [2.75, 3.05) is 40.3 Å². The second-order valence-corrected chi connectivity index (χ2v) is 8.92. The lowest BCUT2D eigenvalue weighted by molar-refractivity contribution is -0.138. The van der Waals surface area contributed by atoms with Crippen LogP contribution in [-0.4, -0.2) is 71.0 Å². The summed E-state index contributed by atoms with van der Waals surface area (Å²) in [5, 5.41) is 0.635. The number of likely N-dealkylation sites (N-methyl/N-ethyl adjacent to an activating group) is 1. The minimum Gasteiger partial charge on any atom is -0.496 e. The minimum absolute atomic E-state index is 0.0978. The Morgan fingerprint density at radius 2 is 1.65 bits per heavy atom. The fourth-order valence-corrected chi connectivity index (χ4v) is 4.45. The Labute approximate surface area is 211 Å². The van der Waals surface area contributed by atoms with Crippen molar-refractivity contribution in [3.63, 3.8) is 0 Å². The Kier molecular flexibility index (Phi) is 6.51. The lowest BCUT2D eigenvalue weighted by Crippen LogP contribution is -2.47. The monoisotopic (exact) mass is 507 g/mol. The molecule has 1 fully saturated rings. The molecular formula is C27H24F3N5O2. The van der Waals surface area contributed by atoms with E-state index in [9.17, 15) is 18.0 Å². The number of hydrogen-bond acceptors (Lipinski definition) is 6. The number of piperazine rings is 1. The Morgan fingerprint density at radius 3 is 2.38 bits per heavy atom. The molecule has 1 aliphatic heterocycles. The smallest absolute Gasteiger partial charge is 0.419 e. The Morgan fingerprint density at radius 1 is 0.919 bits per heavy atom. The van der Waals surface area contributed by atoms with Crippen LogP contribution in [0.25, 0.3) is 33.3 Å². The van der Waals surface area contributed by atoms with Gasteiger partial charge in [0.2, 0.25) is 0 Å². The van der Waals surface area contributed by atoms with Gasteiger partial charge in [-0.3, -0.25) is 9.78 Å². The highest BCUT2D eigenvalue weighted by Crippen LogP contribution is 2.39. The van der Waals surface area contributed by atoms with Gasteiger partial charge in [0, 0.05) is 49.5 Å². The number of carbonyl (C=O) groups excluding carboxylic acids is 1. The molecule has 5 rings (SSSR count). The third-order valence-corrected chi connectivity index (χ3v) is 6.52. The zero-order chi connectivity index (χ0) is 26.2. The number of nitrogens with zero attached hydrogens (tertiary/aromatic N) is 5. The van der Waals surface area contributed by atoms with Crippen molar-refractivity contribution in [2.45, 2.75) is 6.18 Å². The largest absolute Gasteiger partial charge is 0.496 e. The average molecular weight is 508 g/mol. The van der Waals surface area contributed by atoms with Gasteiger partial charge in [0.05, 0.1) is 29.4 Å². The molecule has 0 radical (unpaired) electrons. The molecule has 1 amide bonds. The van der Waals surface area contributed by atoms with E-state index in [2.05, 4.69) is 19.9 Å². The molecule has 0 spiro atoms. The first kappa shape index (κ1) is 24.6. The number of aromatic nitrogens is 3. The van der Waals surface area contributed by atoms with Gasteiger partial charge in [0.15, 0.2) is 0 Å². The van der Waals surface area contributed by atoms with Crippen LogP contribution in [0.1, 0.15) is 15.9 Å². The topological polar surface area (TPSA) is 71.4 Å². The molecule has 0 atom stereocenters. The molecule has 0 aliphatic carbocycles. The van der Waals surface area contributed by atoms with E-state index >= 15 is 0 Å². The summed E-state index contributed by atoms with van der Waals surface area (Å²) in [4.78, 5) is 30.1. The van der Waals surface area contributed by atoms with Crippen molar-refractivity contribution < 1.29 is 22.7 Å². The molecule has 10 heteroatoms. The van der Waals surface area contributed by atoms with Gasteiger partial charge < -0.3 is 14.5 Å². The minimum atomic E-state index is -4.56. The Balaban J connectivity index is 1.54. The second kappa shape index (κ2) is 9.78. The van der Waals surface area contributed by atoms with Crippen molar-refractivity contribution >= 4 is 16.8 Å². The van der Waals surface area contributed by atoms with Crippen molar-refractivity contribution in [3.05, 3.63) is 72.3 Å². The van der Waals surface area contributed by atoms with Crippen LogP contribution in [0.2, 0.25) is 0 Å². The van der Waals surface area contributed by atoms with Crippen LogP contribution in [-0.2, 0) is 6.18 Å². The molecule has 2 aromatic heterocycles. The number of rotatable bonds is 4. The van der Waals surface area contributed by atoms with Crippen LogP contribution in [0.3, 0.4) is 0 Å². The van der Waals surface area contributed by atoms with Gasteiger partial charge in [-0.25, -0.2) is 9.97 Å². The normalized spacial score (nSPS) is 14.7. The molecule has 4 aromatic rings. The summed E-state index contributed by atoms with van der Waals surface area (Å²) in [6, 6.07) is 10.9. The fraction of sp³-hybridized carbons (Fsp3) is 0.259. The van der Waals surface area contributed by atoms with Gasteiger partial charge in [-0.1, -0.05) is 12.1 Å². The number of halogens is 3. The summed E-state index contributed by atoms with van der Waals surface area (Å²) in [7, 11) is 3.23. The molecule has 3 heterocycles. The average Bonchev–Trinajstić information content (AvgIpc) is 2.91. The number of amides is 1. The van der Waals surface area contributed by atoms with Crippen LogP contribution in [0.5, 0.6) is 5.75 Å². The summed E-state index contributed by atoms with van der Waals surface area (Å²) in [5.41, 5.74) is 2.32. The van der Waals surface area contributed by atoms with E-state index in [4.69, 9.17) is 4.74 Å². The standard InChI is InChI=1S/C27H24F3N5O2/c1-34-7-9-35(10-8-34)26(36)20-11-19(14-31-15-20)25-21-12-17(3-5-23(21)32-16-33-25)18-4-6-24(37-2)22(13-18)27(28,29)30/h3-6,11-16H,7-10H2,1-2H3. The molecule has 2 aromatic carbocycles. The SMILES string of the molecule is COc1ccc(-c2ccc3ncnc(-c4cncc(C(=O)N5CCN(C)CC5)c4)c3c2)cc1C(F)(F)F.